The highest BCUT2D eigenvalue weighted by molar-refractivity contribution is 14.1. The number of aromatic nitrogens is 2. The topological polar surface area (TPSA) is 55.2 Å². The highest BCUT2D eigenvalue weighted by Crippen LogP contribution is 2.22. The Kier molecular flexibility index (Phi) is 6.54. The Morgan fingerprint density at radius 1 is 1.15 bits per heavy atom. The van der Waals surface area contributed by atoms with Crippen molar-refractivity contribution < 1.29 is 4.79 Å². The number of halogens is 1. The molecule has 1 amide bonds. The second kappa shape index (κ2) is 8.88. The molecule has 0 atom stereocenters. The Balaban J connectivity index is 2.09. The molecule has 0 aliphatic carbocycles. The Bertz CT molecular complexity index is 1020. The van der Waals surface area contributed by atoms with Gasteiger partial charge in [0.2, 0.25) is 5.91 Å². The van der Waals surface area contributed by atoms with Gasteiger partial charge in [-0.1, -0.05) is 30.0 Å². The van der Waals surface area contributed by atoms with Gasteiger partial charge in [-0.3, -0.25) is 14.2 Å². The number of fused-ring (bicyclic) bond motifs is 1. The van der Waals surface area contributed by atoms with Gasteiger partial charge in [-0.2, -0.15) is 0 Å². The molecule has 7 heteroatoms. The first-order valence-corrected chi connectivity index (χ1v) is 10.8. The first-order valence-electron chi connectivity index (χ1n) is 8.73. The summed E-state index contributed by atoms with van der Waals surface area (Å²) in [6.07, 6.45) is 0. The normalized spacial score (nSPS) is 10.9. The van der Waals surface area contributed by atoms with Crippen LogP contribution >= 0.6 is 34.4 Å². The van der Waals surface area contributed by atoms with Crippen LogP contribution in [-0.2, 0) is 4.79 Å². The fourth-order valence-corrected chi connectivity index (χ4v) is 4.24. The third-order valence-corrected chi connectivity index (χ3v) is 5.85. The largest absolute Gasteiger partial charge is 0.343 e. The van der Waals surface area contributed by atoms with Crippen molar-refractivity contribution in [2.45, 2.75) is 19.0 Å². The molecule has 1 aromatic heterocycles. The minimum atomic E-state index is -0.123. The van der Waals surface area contributed by atoms with Crippen LogP contribution in [0.3, 0.4) is 0 Å². The lowest BCUT2D eigenvalue weighted by molar-refractivity contribution is -0.127. The maximum Gasteiger partial charge on any atom is 0.266 e. The van der Waals surface area contributed by atoms with Crippen molar-refractivity contribution in [1.29, 1.82) is 0 Å². The van der Waals surface area contributed by atoms with Crippen molar-refractivity contribution >= 4 is 51.2 Å². The lowest BCUT2D eigenvalue weighted by Crippen LogP contribution is -2.32. The van der Waals surface area contributed by atoms with Crippen LogP contribution in [-0.4, -0.2) is 39.2 Å². The number of amides is 1. The van der Waals surface area contributed by atoms with Crippen molar-refractivity contribution in [3.8, 4) is 5.69 Å². The fourth-order valence-electron chi connectivity index (χ4n) is 2.83. The summed E-state index contributed by atoms with van der Waals surface area (Å²) in [6, 6.07) is 15.1. The average Bonchev–Trinajstić information content (AvgIpc) is 2.68. The highest BCUT2D eigenvalue weighted by atomic mass is 127. The molecule has 0 saturated carbocycles. The van der Waals surface area contributed by atoms with Crippen LogP contribution in [0.2, 0.25) is 0 Å². The van der Waals surface area contributed by atoms with Gasteiger partial charge in [-0.25, -0.2) is 4.98 Å². The fraction of sp³-hybridized carbons (Fsp3) is 0.250. The Morgan fingerprint density at radius 3 is 2.52 bits per heavy atom. The van der Waals surface area contributed by atoms with E-state index in [0.29, 0.717) is 29.1 Å². The SMILES string of the molecule is CCN(CC)C(=O)CSc1nc2ccc(I)cc2c(=O)n1-c1ccccc1. The van der Waals surface area contributed by atoms with E-state index in [2.05, 4.69) is 27.6 Å². The predicted octanol–water partition coefficient (Wildman–Crippen LogP) is 3.95. The third kappa shape index (κ3) is 4.35. The zero-order valence-corrected chi connectivity index (χ0v) is 18.2. The molecule has 0 radical (unpaired) electrons. The molecular weight excluding hydrogens is 473 g/mol. The zero-order chi connectivity index (χ0) is 19.4. The molecule has 0 fully saturated rings. The summed E-state index contributed by atoms with van der Waals surface area (Å²) in [5.74, 6) is 0.290. The van der Waals surface area contributed by atoms with Crippen LogP contribution in [0, 0.1) is 3.57 Å². The van der Waals surface area contributed by atoms with Crippen LogP contribution < -0.4 is 5.56 Å². The van der Waals surface area contributed by atoms with E-state index >= 15 is 0 Å². The standard InChI is InChI=1S/C20H20IN3O2S/c1-3-23(4-2)18(25)13-27-20-22-17-11-10-14(21)12-16(17)19(26)24(20)15-8-6-5-7-9-15/h5-12H,3-4,13H2,1-2H3. The summed E-state index contributed by atoms with van der Waals surface area (Å²) in [7, 11) is 0. The molecule has 0 unspecified atom stereocenters. The van der Waals surface area contributed by atoms with Gasteiger partial charge in [-0.15, -0.1) is 0 Å². The molecule has 0 aliphatic rings. The predicted molar refractivity (Wildman–Crippen MR) is 119 cm³/mol. The summed E-state index contributed by atoms with van der Waals surface area (Å²) >= 11 is 3.49. The summed E-state index contributed by atoms with van der Waals surface area (Å²) in [6.45, 7) is 5.26. The van der Waals surface area contributed by atoms with E-state index in [1.165, 1.54) is 11.8 Å². The van der Waals surface area contributed by atoms with E-state index in [9.17, 15) is 9.59 Å². The Morgan fingerprint density at radius 2 is 1.85 bits per heavy atom. The van der Waals surface area contributed by atoms with Crippen LogP contribution in [0.5, 0.6) is 0 Å². The van der Waals surface area contributed by atoms with Crippen molar-refractivity contribution in [2.75, 3.05) is 18.8 Å². The van der Waals surface area contributed by atoms with E-state index in [0.717, 1.165) is 9.26 Å². The van der Waals surface area contributed by atoms with Crippen molar-refractivity contribution in [1.82, 2.24) is 14.5 Å². The lowest BCUT2D eigenvalue weighted by Gasteiger charge is -2.19. The highest BCUT2D eigenvalue weighted by Gasteiger charge is 2.16. The molecule has 27 heavy (non-hydrogen) atoms. The molecular formula is C20H20IN3O2S. The third-order valence-electron chi connectivity index (χ3n) is 4.25. The molecule has 0 spiro atoms. The Hall–Kier alpha value is -1.87. The summed E-state index contributed by atoms with van der Waals surface area (Å²) in [5, 5.41) is 1.10. The number of para-hydroxylation sites is 1. The number of hydrogen-bond donors (Lipinski definition) is 0. The van der Waals surface area contributed by atoms with E-state index in [4.69, 9.17) is 0 Å². The summed E-state index contributed by atoms with van der Waals surface area (Å²) < 4.78 is 2.58. The first-order chi connectivity index (χ1) is 13.0. The number of rotatable bonds is 6. The number of carbonyl (C=O) groups excluding carboxylic acids is 1. The minimum absolute atomic E-state index is 0.0431. The van der Waals surface area contributed by atoms with Gasteiger partial charge in [0.05, 0.1) is 22.3 Å². The zero-order valence-electron chi connectivity index (χ0n) is 15.2. The molecule has 0 bridgehead atoms. The maximum absolute atomic E-state index is 13.2. The molecule has 0 N–H and O–H groups in total. The van der Waals surface area contributed by atoms with Crippen molar-refractivity contribution in [3.63, 3.8) is 0 Å². The number of carbonyl (C=O) groups is 1. The van der Waals surface area contributed by atoms with Gasteiger partial charge in [0.15, 0.2) is 5.16 Å². The number of thioether (sulfide) groups is 1. The van der Waals surface area contributed by atoms with Crippen LogP contribution in [0.25, 0.3) is 16.6 Å². The lowest BCUT2D eigenvalue weighted by atomic mass is 10.2. The number of benzene rings is 2. The molecule has 140 valence electrons. The quantitative estimate of drug-likeness (QED) is 0.297. The van der Waals surface area contributed by atoms with E-state index in [1.54, 1.807) is 9.47 Å². The second-order valence-electron chi connectivity index (χ2n) is 5.89. The van der Waals surface area contributed by atoms with Crippen molar-refractivity contribution in [3.05, 3.63) is 62.5 Å². The first kappa shape index (κ1) is 19.9. The van der Waals surface area contributed by atoms with Gasteiger partial charge >= 0.3 is 0 Å². The van der Waals surface area contributed by atoms with Gasteiger partial charge in [0.25, 0.3) is 5.56 Å². The molecule has 5 nitrogen and oxygen atoms in total. The van der Waals surface area contributed by atoms with Crippen LogP contribution in [0.4, 0.5) is 0 Å². The van der Waals surface area contributed by atoms with E-state index < -0.39 is 0 Å². The van der Waals surface area contributed by atoms with Crippen molar-refractivity contribution in [2.24, 2.45) is 0 Å². The van der Waals surface area contributed by atoms with Crippen LogP contribution in [0.15, 0.2) is 58.5 Å². The van der Waals surface area contributed by atoms with E-state index in [1.807, 2.05) is 62.4 Å². The smallest absolute Gasteiger partial charge is 0.266 e. The summed E-state index contributed by atoms with van der Waals surface area (Å²) in [5.41, 5.74) is 1.27. The number of hydrogen-bond acceptors (Lipinski definition) is 4. The Labute approximate surface area is 175 Å². The molecule has 2 aromatic carbocycles. The molecule has 0 aliphatic heterocycles. The van der Waals surface area contributed by atoms with E-state index in [-0.39, 0.29) is 17.2 Å². The second-order valence-corrected chi connectivity index (χ2v) is 8.07. The van der Waals surface area contributed by atoms with Gasteiger partial charge in [0.1, 0.15) is 0 Å². The molecule has 0 saturated heterocycles. The minimum Gasteiger partial charge on any atom is -0.343 e. The van der Waals surface area contributed by atoms with Crippen LogP contribution in [0.1, 0.15) is 13.8 Å². The molecule has 3 rings (SSSR count). The molecule has 1 heterocycles. The monoisotopic (exact) mass is 493 g/mol. The van der Waals surface area contributed by atoms with Gasteiger partial charge < -0.3 is 4.90 Å². The summed E-state index contributed by atoms with van der Waals surface area (Å²) in [4.78, 5) is 32.1. The number of nitrogens with zero attached hydrogens (tertiary/aromatic N) is 3. The maximum atomic E-state index is 13.2. The van der Waals surface area contributed by atoms with Gasteiger partial charge in [-0.05, 0) is 66.8 Å². The van der Waals surface area contributed by atoms with Gasteiger partial charge in [0, 0.05) is 16.7 Å². The average molecular weight is 493 g/mol. The molecule has 3 aromatic rings.